The number of anilines is 1. The fourth-order valence-electron chi connectivity index (χ4n) is 2.90. The van der Waals surface area contributed by atoms with Crippen molar-refractivity contribution >= 4 is 33.4 Å². The highest BCUT2D eigenvalue weighted by Crippen LogP contribution is 2.24. The third-order valence-corrected chi connectivity index (χ3v) is 5.26. The number of amides is 1. The van der Waals surface area contributed by atoms with Crippen LogP contribution in [-0.4, -0.2) is 37.6 Å². The molecule has 0 unspecified atom stereocenters. The second kappa shape index (κ2) is 7.24. The van der Waals surface area contributed by atoms with Crippen LogP contribution in [0.3, 0.4) is 0 Å². The molecule has 0 saturated heterocycles. The topological polar surface area (TPSA) is 76.8 Å². The fraction of sp³-hybridized carbons (Fsp3) is 0.211. The first kappa shape index (κ1) is 17.3. The predicted octanol–water partition coefficient (Wildman–Crippen LogP) is 3.31. The molecule has 4 rings (SSSR count). The van der Waals surface area contributed by atoms with Crippen molar-refractivity contribution in [3.05, 3.63) is 64.7 Å². The van der Waals surface area contributed by atoms with Gasteiger partial charge >= 0.3 is 0 Å². The van der Waals surface area contributed by atoms with Crippen molar-refractivity contribution in [3.63, 3.8) is 0 Å². The number of hydrogen-bond donors (Lipinski definition) is 0. The lowest BCUT2D eigenvalue weighted by atomic mass is 10.1. The molecule has 0 aliphatic carbocycles. The highest BCUT2D eigenvalue weighted by atomic mass is 32.1. The number of nitrogens with zero attached hydrogens (tertiary/aromatic N) is 6. The highest BCUT2D eigenvalue weighted by Gasteiger charge is 2.21. The van der Waals surface area contributed by atoms with E-state index in [1.165, 1.54) is 11.3 Å². The quantitative estimate of drug-likeness (QED) is 0.532. The second-order valence-electron chi connectivity index (χ2n) is 6.08. The lowest BCUT2D eigenvalue weighted by molar-refractivity contribution is 0.0987. The second-order valence-corrected chi connectivity index (χ2v) is 7.12. The molecule has 0 N–H and O–H groups in total. The van der Waals surface area contributed by atoms with Crippen LogP contribution in [0.25, 0.3) is 11.0 Å². The van der Waals surface area contributed by atoms with Crippen molar-refractivity contribution in [2.75, 3.05) is 11.4 Å². The Balaban J connectivity index is 1.59. The van der Waals surface area contributed by atoms with Gasteiger partial charge in [0.25, 0.3) is 5.91 Å². The van der Waals surface area contributed by atoms with Gasteiger partial charge in [0.1, 0.15) is 10.5 Å². The lowest BCUT2D eigenvalue weighted by Crippen LogP contribution is -2.31. The van der Waals surface area contributed by atoms with Crippen LogP contribution in [0.2, 0.25) is 0 Å². The van der Waals surface area contributed by atoms with Crippen molar-refractivity contribution in [2.24, 2.45) is 0 Å². The van der Waals surface area contributed by atoms with E-state index in [0.29, 0.717) is 23.8 Å². The van der Waals surface area contributed by atoms with Gasteiger partial charge in [0.05, 0.1) is 12.1 Å². The number of para-hydroxylation sites is 1. The Hall–Kier alpha value is -3.13. The summed E-state index contributed by atoms with van der Waals surface area (Å²) < 4.78 is 1.79. The van der Waals surface area contributed by atoms with Crippen molar-refractivity contribution in [1.29, 1.82) is 0 Å². The van der Waals surface area contributed by atoms with Gasteiger partial charge in [-0.2, -0.15) is 0 Å². The molecule has 0 spiro atoms. The van der Waals surface area contributed by atoms with E-state index in [9.17, 15) is 4.79 Å². The molecule has 0 aliphatic heterocycles. The molecule has 27 heavy (non-hydrogen) atoms. The molecule has 0 bridgehead atoms. The molecule has 136 valence electrons. The van der Waals surface area contributed by atoms with Gasteiger partial charge in [-0.3, -0.25) is 9.69 Å². The van der Waals surface area contributed by atoms with Gasteiger partial charge < -0.3 is 0 Å². The molecule has 0 atom stereocenters. The van der Waals surface area contributed by atoms with Crippen LogP contribution in [0.4, 0.5) is 5.13 Å². The number of carbonyl (C=O) groups excluding carboxylic acids is 1. The standard InChI is InChI=1S/C19H18N6OS/c1-3-24(18(26)14-9-5-4-8-13(14)2)19-22-21-17(27-19)12-25-16-11-7-6-10-15(16)20-23-25/h4-11H,3,12H2,1-2H3. The van der Waals surface area contributed by atoms with Crippen LogP contribution in [-0.2, 0) is 6.54 Å². The number of rotatable bonds is 5. The maximum atomic E-state index is 12.9. The molecule has 0 saturated carbocycles. The summed E-state index contributed by atoms with van der Waals surface area (Å²) in [6.07, 6.45) is 0. The molecule has 0 radical (unpaired) electrons. The Morgan fingerprint density at radius 2 is 1.85 bits per heavy atom. The summed E-state index contributed by atoms with van der Waals surface area (Å²) >= 11 is 1.40. The monoisotopic (exact) mass is 378 g/mol. The molecule has 2 heterocycles. The van der Waals surface area contributed by atoms with Crippen molar-refractivity contribution in [3.8, 4) is 0 Å². The van der Waals surface area contributed by atoms with Gasteiger partial charge in [-0.15, -0.1) is 15.3 Å². The molecular weight excluding hydrogens is 360 g/mol. The normalized spacial score (nSPS) is 11.0. The first-order valence-electron chi connectivity index (χ1n) is 8.65. The number of fused-ring (bicyclic) bond motifs is 1. The first-order chi connectivity index (χ1) is 13.2. The smallest absolute Gasteiger partial charge is 0.260 e. The maximum absolute atomic E-state index is 12.9. The van der Waals surface area contributed by atoms with Gasteiger partial charge in [-0.1, -0.05) is 46.9 Å². The van der Waals surface area contributed by atoms with E-state index in [0.717, 1.165) is 21.6 Å². The Bertz CT molecular complexity index is 1100. The molecule has 4 aromatic rings. The van der Waals surface area contributed by atoms with Gasteiger partial charge in [-0.05, 0) is 37.6 Å². The third-order valence-electron chi connectivity index (χ3n) is 4.33. The SMILES string of the molecule is CCN(C(=O)c1ccccc1C)c1nnc(Cn2nnc3ccccc32)s1. The number of aryl methyl sites for hydroxylation is 1. The zero-order valence-electron chi connectivity index (χ0n) is 15.0. The van der Waals surface area contributed by atoms with Crippen LogP contribution in [0, 0.1) is 6.92 Å². The van der Waals surface area contributed by atoms with Crippen LogP contribution in [0.15, 0.2) is 48.5 Å². The van der Waals surface area contributed by atoms with Crippen molar-refractivity contribution < 1.29 is 4.79 Å². The van der Waals surface area contributed by atoms with E-state index in [-0.39, 0.29) is 5.91 Å². The van der Waals surface area contributed by atoms with Gasteiger partial charge in [0.2, 0.25) is 5.13 Å². The van der Waals surface area contributed by atoms with E-state index >= 15 is 0 Å². The summed E-state index contributed by atoms with van der Waals surface area (Å²) in [6.45, 7) is 4.85. The van der Waals surface area contributed by atoms with Gasteiger partial charge in [-0.25, -0.2) is 4.68 Å². The molecule has 8 heteroatoms. The van der Waals surface area contributed by atoms with Gasteiger partial charge in [0, 0.05) is 12.1 Å². The minimum Gasteiger partial charge on any atom is -0.283 e. The van der Waals surface area contributed by atoms with Crippen LogP contribution in [0.5, 0.6) is 0 Å². The highest BCUT2D eigenvalue weighted by molar-refractivity contribution is 7.15. The average molecular weight is 378 g/mol. The summed E-state index contributed by atoms with van der Waals surface area (Å²) in [7, 11) is 0. The number of aromatic nitrogens is 5. The minimum atomic E-state index is -0.0653. The summed E-state index contributed by atoms with van der Waals surface area (Å²) in [5.74, 6) is -0.0653. The molecule has 0 fully saturated rings. The number of hydrogen-bond acceptors (Lipinski definition) is 6. The van der Waals surface area contributed by atoms with Crippen LogP contribution < -0.4 is 4.90 Å². The van der Waals surface area contributed by atoms with Crippen molar-refractivity contribution in [1.82, 2.24) is 25.2 Å². The summed E-state index contributed by atoms with van der Waals surface area (Å²) in [4.78, 5) is 14.6. The Morgan fingerprint density at radius 3 is 2.67 bits per heavy atom. The van der Waals surface area contributed by atoms with Gasteiger partial charge in [0.15, 0.2) is 0 Å². The summed E-state index contributed by atoms with van der Waals surface area (Å²) in [6, 6.07) is 15.3. The zero-order valence-corrected chi connectivity index (χ0v) is 15.8. The number of benzene rings is 2. The largest absolute Gasteiger partial charge is 0.283 e. The zero-order chi connectivity index (χ0) is 18.8. The molecule has 2 aromatic carbocycles. The summed E-state index contributed by atoms with van der Waals surface area (Å²) in [5.41, 5.74) is 3.41. The van der Waals surface area contributed by atoms with E-state index in [2.05, 4.69) is 20.5 Å². The van der Waals surface area contributed by atoms with E-state index in [4.69, 9.17) is 0 Å². The molecule has 1 amide bonds. The summed E-state index contributed by atoms with van der Waals surface area (Å²) in [5, 5.41) is 18.2. The van der Waals surface area contributed by atoms with E-state index < -0.39 is 0 Å². The number of carbonyl (C=O) groups is 1. The average Bonchev–Trinajstić information content (AvgIpc) is 3.31. The molecule has 7 nitrogen and oxygen atoms in total. The van der Waals surface area contributed by atoms with Crippen LogP contribution >= 0.6 is 11.3 Å². The Morgan fingerprint density at radius 1 is 1.07 bits per heavy atom. The Labute approximate surface area is 160 Å². The predicted molar refractivity (Wildman–Crippen MR) is 105 cm³/mol. The Kier molecular flexibility index (Phi) is 4.64. The van der Waals surface area contributed by atoms with Crippen LogP contribution in [0.1, 0.15) is 27.9 Å². The third kappa shape index (κ3) is 3.31. The molecular formula is C19H18N6OS. The fourth-order valence-corrected chi connectivity index (χ4v) is 3.79. The molecule has 2 aromatic heterocycles. The van der Waals surface area contributed by atoms with Crippen molar-refractivity contribution in [2.45, 2.75) is 20.4 Å². The first-order valence-corrected chi connectivity index (χ1v) is 9.47. The molecule has 0 aliphatic rings. The van der Waals surface area contributed by atoms with E-state index in [1.54, 1.807) is 9.58 Å². The lowest BCUT2D eigenvalue weighted by Gasteiger charge is -2.18. The minimum absolute atomic E-state index is 0.0653. The van der Waals surface area contributed by atoms with E-state index in [1.807, 2.05) is 62.4 Å². The maximum Gasteiger partial charge on any atom is 0.260 e.